The standard InChI is InChI=1S/C12H11BrFNO3/c13-9-6-7(14)2-3-8(9)10(16)15-12(11(17)18)4-1-5-12/h2-3,6H,1,4-5H2,(H,15,16)(H,17,18). The van der Waals surface area contributed by atoms with Crippen LogP contribution in [0.4, 0.5) is 4.39 Å². The molecule has 4 nitrogen and oxygen atoms in total. The van der Waals surface area contributed by atoms with Crippen LogP contribution in [-0.4, -0.2) is 22.5 Å². The first-order valence-electron chi connectivity index (χ1n) is 5.45. The van der Waals surface area contributed by atoms with Gasteiger partial charge in [-0.15, -0.1) is 0 Å². The molecule has 2 N–H and O–H groups in total. The van der Waals surface area contributed by atoms with E-state index in [0.717, 1.165) is 12.5 Å². The SMILES string of the molecule is O=C(NC1(C(=O)O)CCC1)c1ccc(F)cc1Br. The Morgan fingerprint density at radius 2 is 2.06 bits per heavy atom. The zero-order valence-electron chi connectivity index (χ0n) is 9.37. The molecule has 1 aliphatic carbocycles. The summed E-state index contributed by atoms with van der Waals surface area (Å²) in [6.45, 7) is 0. The number of carboxylic acid groups (broad SMARTS) is 1. The van der Waals surface area contributed by atoms with Crippen LogP contribution in [0.3, 0.4) is 0 Å². The minimum absolute atomic E-state index is 0.226. The number of carbonyl (C=O) groups excluding carboxylic acids is 1. The summed E-state index contributed by atoms with van der Waals surface area (Å²) in [6, 6.07) is 3.65. The summed E-state index contributed by atoms with van der Waals surface area (Å²) < 4.78 is 13.2. The molecule has 1 fully saturated rings. The maximum Gasteiger partial charge on any atom is 0.329 e. The average molecular weight is 316 g/mol. The molecule has 0 heterocycles. The van der Waals surface area contributed by atoms with Gasteiger partial charge in [0.2, 0.25) is 0 Å². The first kappa shape index (κ1) is 13.0. The van der Waals surface area contributed by atoms with Crippen LogP contribution in [0.25, 0.3) is 0 Å². The van der Waals surface area contributed by atoms with Gasteiger partial charge in [0.1, 0.15) is 11.4 Å². The number of halogens is 2. The quantitative estimate of drug-likeness (QED) is 0.899. The van der Waals surface area contributed by atoms with E-state index in [4.69, 9.17) is 5.11 Å². The molecule has 0 radical (unpaired) electrons. The molecule has 0 aliphatic heterocycles. The lowest BCUT2D eigenvalue weighted by Gasteiger charge is -2.38. The van der Waals surface area contributed by atoms with Crippen molar-refractivity contribution in [3.05, 3.63) is 34.1 Å². The van der Waals surface area contributed by atoms with E-state index in [1.54, 1.807) is 0 Å². The molecule has 0 atom stereocenters. The Kier molecular flexibility index (Phi) is 3.38. The summed E-state index contributed by atoms with van der Waals surface area (Å²) in [5.41, 5.74) is -0.936. The molecule has 18 heavy (non-hydrogen) atoms. The fraction of sp³-hybridized carbons (Fsp3) is 0.333. The zero-order chi connectivity index (χ0) is 13.3. The van der Waals surface area contributed by atoms with Crippen molar-refractivity contribution in [1.82, 2.24) is 5.32 Å². The van der Waals surface area contributed by atoms with E-state index >= 15 is 0 Å². The number of carbonyl (C=O) groups is 2. The first-order valence-corrected chi connectivity index (χ1v) is 6.25. The number of nitrogens with one attached hydrogen (secondary N) is 1. The molecule has 0 spiro atoms. The van der Waals surface area contributed by atoms with Gasteiger partial charge >= 0.3 is 5.97 Å². The van der Waals surface area contributed by atoms with Crippen LogP contribution in [0.2, 0.25) is 0 Å². The van der Waals surface area contributed by atoms with E-state index in [1.807, 2.05) is 0 Å². The van der Waals surface area contributed by atoms with Crippen molar-refractivity contribution >= 4 is 27.8 Å². The average Bonchev–Trinajstić information content (AvgIpc) is 2.22. The second-order valence-electron chi connectivity index (χ2n) is 4.32. The van der Waals surface area contributed by atoms with Gasteiger partial charge in [0.15, 0.2) is 0 Å². The predicted octanol–water partition coefficient (Wildman–Crippen LogP) is 2.33. The Balaban J connectivity index is 2.19. The van der Waals surface area contributed by atoms with E-state index in [-0.39, 0.29) is 5.56 Å². The van der Waals surface area contributed by atoms with Crippen molar-refractivity contribution in [3.8, 4) is 0 Å². The van der Waals surface area contributed by atoms with Crippen molar-refractivity contribution in [1.29, 1.82) is 0 Å². The van der Waals surface area contributed by atoms with Gasteiger partial charge in [-0.25, -0.2) is 9.18 Å². The third kappa shape index (κ3) is 2.25. The van der Waals surface area contributed by atoms with Gasteiger partial charge in [-0.1, -0.05) is 0 Å². The van der Waals surface area contributed by atoms with Crippen LogP contribution in [0, 0.1) is 5.82 Å². The molecule has 1 aliphatic rings. The third-order valence-electron chi connectivity index (χ3n) is 3.15. The van der Waals surface area contributed by atoms with Crippen molar-refractivity contribution in [2.45, 2.75) is 24.8 Å². The van der Waals surface area contributed by atoms with Gasteiger partial charge in [-0.3, -0.25) is 4.79 Å². The van der Waals surface area contributed by atoms with Crippen molar-refractivity contribution in [2.24, 2.45) is 0 Å². The molecule has 0 saturated heterocycles. The Labute approximate surface area is 111 Å². The number of rotatable bonds is 3. The highest BCUT2D eigenvalue weighted by molar-refractivity contribution is 9.10. The minimum atomic E-state index is -1.16. The maximum atomic E-state index is 12.9. The van der Waals surface area contributed by atoms with Gasteiger partial charge in [-0.2, -0.15) is 0 Å². The third-order valence-corrected chi connectivity index (χ3v) is 3.80. The van der Waals surface area contributed by atoms with Gasteiger partial charge in [-0.05, 0) is 53.4 Å². The molecule has 1 amide bonds. The van der Waals surface area contributed by atoms with E-state index in [2.05, 4.69) is 21.2 Å². The Morgan fingerprint density at radius 1 is 1.39 bits per heavy atom. The van der Waals surface area contributed by atoms with Crippen molar-refractivity contribution in [2.75, 3.05) is 0 Å². The Morgan fingerprint density at radius 3 is 2.50 bits per heavy atom. The number of aliphatic carboxylic acids is 1. The highest BCUT2D eigenvalue weighted by Crippen LogP contribution is 2.32. The van der Waals surface area contributed by atoms with E-state index in [9.17, 15) is 14.0 Å². The van der Waals surface area contributed by atoms with Crippen LogP contribution in [-0.2, 0) is 4.79 Å². The number of hydrogen-bond acceptors (Lipinski definition) is 2. The Hall–Kier alpha value is -1.43. The molecule has 0 bridgehead atoms. The van der Waals surface area contributed by atoms with Crippen LogP contribution < -0.4 is 5.32 Å². The number of amides is 1. The number of hydrogen-bond donors (Lipinski definition) is 2. The monoisotopic (exact) mass is 315 g/mol. The zero-order valence-corrected chi connectivity index (χ0v) is 11.0. The fourth-order valence-electron chi connectivity index (χ4n) is 1.88. The molecular weight excluding hydrogens is 305 g/mol. The minimum Gasteiger partial charge on any atom is -0.480 e. The Bertz CT molecular complexity index is 514. The van der Waals surface area contributed by atoms with E-state index in [0.29, 0.717) is 17.3 Å². The molecule has 1 saturated carbocycles. The highest BCUT2D eigenvalue weighted by Gasteiger charge is 2.45. The lowest BCUT2D eigenvalue weighted by atomic mass is 9.76. The number of carboxylic acids is 1. The predicted molar refractivity (Wildman–Crippen MR) is 65.8 cm³/mol. The second-order valence-corrected chi connectivity index (χ2v) is 5.17. The van der Waals surface area contributed by atoms with E-state index < -0.39 is 23.2 Å². The molecule has 0 unspecified atom stereocenters. The van der Waals surface area contributed by atoms with Crippen molar-refractivity contribution in [3.63, 3.8) is 0 Å². The molecule has 2 rings (SSSR count). The summed E-state index contributed by atoms with van der Waals surface area (Å²) in [4.78, 5) is 23.1. The highest BCUT2D eigenvalue weighted by atomic mass is 79.9. The topological polar surface area (TPSA) is 66.4 Å². The second kappa shape index (κ2) is 4.68. The summed E-state index contributed by atoms with van der Waals surface area (Å²) in [6.07, 6.45) is 1.62. The summed E-state index contributed by atoms with van der Waals surface area (Å²) in [7, 11) is 0. The van der Waals surface area contributed by atoms with Crippen molar-refractivity contribution < 1.29 is 19.1 Å². The molecule has 6 heteroatoms. The largest absolute Gasteiger partial charge is 0.480 e. The smallest absolute Gasteiger partial charge is 0.329 e. The normalized spacial score (nSPS) is 16.8. The van der Waals surface area contributed by atoms with Crippen LogP contribution in [0.15, 0.2) is 22.7 Å². The van der Waals surface area contributed by atoms with Crippen LogP contribution in [0.5, 0.6) is 0 Å². The summed E-state index contributed by atoms with van der Waals surface area (Å²) in [5, 5.41) is 11.6. The lowest BCUT2D eigenvalue weighted by Crippen LogP contribution is -2.59. The summed E-state index contributed by atoms with van der Waals surface area (Å²) >= 11 is 3.08. The molecule has 1 aromatic rings. The number of benzene rings is 1. The first-order chi connectivity index (χ1) is 8.44. The molecule has 0 aromatic heterocycles. The molecule has 1 aromatic carbocycles. The fourth-order valence-corrected chi connectivity index (χ4v) is 2.41. The van der Waals surface area contributed by atoms with Crippen LogP contribution in [0.1, 0.15) is 29.6 Å². The summed E-state index contributed by atoms with van der Waals surface area (Å²) in [5.74, 6) is -2.00. The van der Waals surface area contributed by atoms with Gasteiger partial charge < -0.3 is 10.4 Å². The van der Waals surface area contributed by atoms with E-state index in [1.165, 1.54) is 12.1 Å². The van der Waals surface area contributed by atoms with Gasteiger partial charge in [0, 0.05) is 4.47 Å². The van der Waals surface area contributed by atoms with Crippen LogP contribution >= 0.6 is 15.9 Å². The van der Waals surface area contributed by atoms with Gasteiger partial charge in [0.05, 0.1) is 5.56 Å². The molecular formula is C12H11BrFNO3. The lowest BCUT2D eigenvalue weighted by molar-refractivity contribution is -0.148. The maximum absolute atomic E-state index is 12.9. The molecule has 96 valence electrons. The van der Waals surface area contributed by atoms with Gasteiger partial charge in [0.25, 0.3) is 5.91 Å².